The Morgan fingerprint density at radius 3 is 2.75 bits per heavy atom. The lowest BCUT2D eigenvalue weighted by Crippen LogP contribution is -2.08. The topological polar surface area (TPSA) is 31.4 Å². The average molecular weight is 221 g/mol. The zero-order valence-electron chi connectivity index (χ0n) is 10.2. The van der Waals surface area contributed by atoms with Crippen molar-refractivity contribution in [3.05, 3.63) is 29.6 Å². The first-order valence-electron chi connectivity index (χ1n) is 5.50. The first kappa shape index (κ1) is 12.7. The molecule has 0 N–H and O–H groups in total. The molecule has 0 saturated heterocycles. The molecule has 88 valence electrons. The highest BCUT2D eigenvalue weighted by atomic mass is 16.5. The van der Waals surface area contributed by atoms with Gasteiger partial charge in [0.1, 0.15) is 12.4 Å². The van der Waals surface area contributed by atoms with E-state index in [1.807, 2.05) is 26.8 Å². The summed E-state index contributed by atoms with van der Waals surface area (Å²) in [5.74, 6) is 0.833. The molecule has 0 aliphatic carbocycles. The standard InChI is InChI=1S/C13H19NO2/c1-5-12-11(4)14-10(3)9-13(12)16-8-7-15-6-2/h5,9H,1,6-8H2,2-4H3. The molecule has 1 heterocycles. The van der Waals surface area contributed by atoms with E-state index in [0.717, 1.165) is 22.7 Å². The monoisotopic (exact) mass is 221 g/mol. The van der Waals surface area contributed by atoms with Crippen molar-refractivity contribution in [2.75, 3.05) is 19.8 Å². The first-order valence-corrected chi connectivity index (χ1v) is 5.50. The summed E-state index contributed by atoms with van der Waals surface area (Å²) in [6.07, 6.45) is 1.78. The zero-order chi connectivity index (χ0) is 12.0. The molecule has 0 saturated carbocycles. The minimum Gasteiger partial charge on any atom is -0.490 e. The molecule has 0 unspecified atom stereocenters. The predicted octanol–water partition coefficient (Wildman–Crippen LogP) is 2.76. The second kappa shape index (κ2) is 6.28. The van der Waals surface area contributed by atoms with Gasteiger partial charge in [-0.2, -0.15) is 0 Å². The highest BCUT2D eigenvalue weighted by Crippen LogP contribution is 2.23. The molecule has 1 aromatic heterocycles. The van der Waals surface area contributed by atoms with Crippen LogP contribution in [0.4, 0.5) is 0 Å². The number of nitrogens with zero attached hydrogens (tertiary/aromatic N) is 1. The fourth-order valence-electron chi connectivity index (χ4n) is 1.53. The van der Waals surface area contributed by atoms with Gasteiger partial charge in [-0.3, -0.25) is 4.98 Å². The van der Waals surface area contributed by atoms with Crippen molar-refractivity contribution in [1.29, 1.82) is 0 Å². The van der Waals surface area contributed by atoms with Crippen LogP contribution in [0.2, 0.25) is 0 Å². The van der Waals surface area contributed by atoms with Crippen LogP contribution in [-0.2, 0) is 4.74 Å². The van der Waals surface area contributed by atoms with Crippen LogP contribution in [0.3, 0.4) is 0 Å². The van der Waals surface area contributed by atoms with Crippen LogP contribution in [-0.4, -0.2) is 24.8 Å². The summed E-state index contributed by atoms with van der Waals surface area (Å²) >= 11 is 0. The molecule has 0 atom stereocenters. The number of pyridine rings is 1. The van der Waals surface area contributed by atoms with E-state index in [0.29, 0.717) is 19.8 Å². The number of rotatable bonds is 6. The molecule has 0 aromatic carbocycles. The highest BCUT2D eigenvalue weighted by Gasteiger charge is 2.06. The third-order valence-corrected chi connectivity index (χ3v) is 2.23. The van der Waals surface area contributed by atoms with E-state index in [2.05, 4.69) is 11.6 Å². The Bertz CT molecular complexity index is 361. The number of hydrogen-bond donors (Lipinski definition) is 0. The number of hydrogen-bond acceptors (Lipinski definition) is 3. The molecule has 0 amide bonds. The normalized spacial score (nSPS) is 10.2. The van der Waals surface area contributed by atoms with E-state index in [4.69, 9.17) is 9.47 Å². The summed E-state index contributed by atoms with van der Waals surface area (Å²) in [5, 5.41) is 0. The minimum absolute atomic E-state index is 0.553. The van der Waals surface area contributed by atoms with Crippen molar-refractivity contribution in [2.45, 2.75) is 20.8 Å². The van der Waals surface area contributed by atoms with Gasteiger partial charge in [-0.15, -0.1) is 0 Å². The molecule has 0 bridgehead atoms. The summed E-state index contributed by atoms with van der Waals surface area (Å²) in [7, 11) is 0. The van der Waals surface area contributed by atoms with Gasteiger partial charge in [-0.05, 0) is 20.8 Å². The van der Waals surface area contributed by atoms with Gasteiger partial charge in [-0.25, -0.2) is 0 Å². The summed E-state index contributed by atoms with van der Waals surface area (Å²) in [4.78, 5) is 4.37. The van der Waals surface area contributed by atoms with E-state index in [-0.39, 0.29) is 0 Å². The zero-order valence-corrected chi connectivity index (χ0v) is 10.2. The van der Waals surface area contributed by atoms with E-state index in [1.165, 1.54) is 0 Å². The van der Waals surface area contributed by atoms with Crippen LogP contribution in [0.1, 0.15) is 23.9 Å². The predicted molar refractivity (Wildman–Crippen MR) is 65.8 cm³/mol. The lowest BCUT2D eigenvalue weighted by atomic mass is 10.1. The fourth-order valence-corrected chi connectivity index (χ4v) is 1.53. The van der Waals surface area contributed by atoms with Crippen LogP contribution in [0.5, 0.6) is 5.75 Å². The van der Waals surface area contributed by atoms with E-state index < -0.39 is 0 Å². The van der Waals surface area contributed by atoms with Gasteiger partial charge < -0.3 is 9.47 Å². The first-order chi connectivity index (χ1) is 7.69. The Hall–Kier alpha value is -1.35. The van der Waals surface area contributed by atoms with E-state index in [9.17, 15) is 0 Å². The van der Waals surface area contributed by atoms with Gasteiger partial charge in [0.05, 0.1) is 6.61 Å². The van der Waals surface area contributed by atoms with Crippen molar-refractivity contribution in [3.63, 3.8) is 0 Å². The lowest BCUT2D eigenvalue weighted by Gasteiger charge is -2.11. The Morgan fingerprint density at radius 1 is 1.38 bits per heavy atom. The molecule has 16 heavy (non-hydrogen) atoms. The molecule has 3 nitrogen and oxygen atoms in total. The molecule has 0 spiro atoms. The van der Waals surface area contributed by atoms with Crippen molar-refractivity contribution in [3.8, 4) is 5.75 Å². The van der Waals surface area contributed by atoms with Crippen LogP contribution in [0.25, 0.3) is 6.08 Å². The molecule has 0 fully saturated rings. The molecule has 3 heteroatoms. The quantitative estimate of drug-likeness (QED) is 0.692. The number of aryl methyl sites for hydroxylation is 2. The summed E-state index contributed by atoms with van der Waals surface area (Å²) < 4.78 is 10.9. The van der Waals surface area contributed by atoms with Crippen LogP contribution in [0, 0.1) is 13.8 Å². The number of ether oxygens (including phenoxy) is 2. The molecule has 1 aromatic rings. The second-order valence-electron chi connectivity index (χ2n) is 3.51. The van der Waals surface area contributed by atoms with Gasteiger partial charge in [0.15, 0.2) is 0 Å². The Labute approximate surface area is 97.1 Å². The van der Waals surface area contributed by atoms with Crippen LogP contribution in [0.15, 0.2) is 12.6 Å². The van der Waals surface area contributed by atoms with Gasteiger partial charge in [0.2, 0.25) is 0 Å². The Balaban J connectivity index is 2.73. The maximum Gasteiger partial charge on any atom is 0.130 e. The maximum atomic E-state index is 5.66. The summed E-state index contributed by atoms with van der Waals surface area (Å²) in [6, 6.07) is 1.93. The van der Waals surface area contributed by atoms with Crippen molar-refractivity contribution in [2.24, 2.45) is 0 Å². The van der Waals surface area contributed by atoms with Crippen LogP contribution >= 0.6 is 0 Å². The molecule has 0 aliphatic heterocycles. The molecule has 0 aliphatic rings. The van der Waals surface area contributed by atoms with Gasteiger partial charge in [-0.1, -0.05) is 12.7 Å². The highest BCUT2D eigenvalue weighted by molar-refractivity contribution is 5.58. The Kier molecular flexibility index (Phi) is 4.99. The number of aromatic nitrogens is 1. The molecule has 1 rings (SSSR count). The lowest BCUT2D eigenvalue weighted by molar-refractivity contribution is 0.110. The van der Waals surface area contributed by atoms with Gasteiger partial charge in [0, 0.05) is 29.6 Å². The van der Waals surface area contributed by atoms with Gasteiger partial charge >= 0.3 is 0 Å². The van der Waals surface area contributed by atoms with E-state index in [1.54, 1.807) is 6.08 Å². The largest absolute Gasteiger partial charge is 0.490 e. The SMILES string of the molecule is C=Cc1c(OCCOCC)cc(C)nc1C. The van der Waals surface area contributed by atoms with Gasteiger partial charge in [0.25, 0.3) is 0 Å². The average Bonchev–Trinajstić information content (AvgIpc) is 2.24. The molecular weight excluding hydrogens is 202 g/mol. The smallest absolute Gasteiger partial charge is 0.130 e. The molecular formula is C13H19NO2. The Morgan fingerprint density at radius 2 is 2.12 bits per heavy atom. The minimum atomic E-state index is 0.553. The van der Waals surface area contributed by atoms with Crippen molar-refractivity contribution < 1.29 is 9.47 Å². The van der Waals surface area contributed by atoms with Crippen molar-refractivity contribution in [1.82, 2.24) is 4.98 Å². The third-order valence-electron chi connectivity index (χ3n) is 2.23. The van der Waals surface area contributed by atoms with Crippen LogP contribution < -0.4 is 4.74 Å². The molecule has 0 radical (unpaired) electrons. The maximum absolute atomic E-state index is 5.66. The summed E-state index contributed by atoms with van der Waals surface area (Å²) in [6.45, 7) is 11.5. The summed E-state index contributed by atoms with van der Waals surface area (Å²) in [5.41, 5.74) is 2.86. The van der Waals surface area contributed by atoms with E-state index >= 15 is 0 Å². The fraction of sp³-hybridized carbons (Fsp3) is 0.462. The second-order valence-corrected chi connectivity index (χ2v) is 3.51. The van der Waals surface area contributed by atoms with Crippen molar-refractivity contribution >= 4 is 6.08 Å². The third kappa shape index (κ3) is 3.35.